The molecule has 0 spiro atoms. The van der Waals surface area contributed by atoms with Crippen molar-refractivity contribution in [3.05, 3.63) is 24.3 Å². The smallest absolute Gasteiger partial charge is 0.121 e. The van der Waals surface area contributed by atoms with Gasteiger partial charge in [0.05, 0.1) is 6.10 Å². The second-order valence-electron chi connectivity index (χ2n) is 2.93. The fraction of sp³-hybridized carbons (Fsp3) is 0.400. The molecular weight excluding hydrogens is 166 g/mol. The molecule has 1 aromatic carbocycles. The third-order valence-electron chi connectivity index (χ3n) is 1.75. The maximum atomic E-state index is 5.59. The van der Waals surface area contributed by atoms with Gasteiger partial charge in [-0.05, 0) is 19.1 Å². The van der Waals surface area contributed by atoms with Crippen LogP contribution in [0.25, 0.3) is 0 Å². The van der Waals surface area contributed by atoms with Gasteiger partial charge in [0.25, 0.3) is 0 Å². The molecule has 1 rings (SSSR count). The number of nitrogen functional groups attached to an aromatic ring is 1. The normalized spacial score (nSPS) is 12.5. The molecule has 0 bridgehead atoms. The zero-order valence-electron chi connectivity index (χ0n) is 7.99. The maximum Gasteiger partial charge on any atom is 0.121 e. The van der Waals surface area contributed by atoms with Gasteiger partial charge in [-0.3, -0.25) is 0 Å². The van der Waals surface area contributed by atoms with Crippen molar-refractivity contribution in [3.63, 3.8) is 0 Å². The lowest BCUT2D eigenvalue weighted by molar-refractivity contribution is 0.0717. The Morgan fingerprint density at radius 2 is 2.23 bits per heavy atom. The van der Waals surface area contributed by atoms with E-state index in [9.17, 15) is 0 Å². The van der Waals surface area contributed by atoms with Crippen LogP contribution in [0, 0.1) is 0 Å². The molecule has 0 saturated carbocycles. The van der Waals surface area contributed by atoms with Gasteiger partial charge in [0, 0.05) is 18.9 Å². The van der Waals surface area contributed by atoms with E-state index in [4.69, 9.17) is 15.2 Å². The standard InChI is InChI=1S/C10H15NO2/c1-8(12-2)7-13-10-5-3-4-9(11)6-10/h3-6,8H,7,11H2,1-2H3. The summed E-state index contributed by atoms with van der Waals surface area (Å²) in [5, 5.41) is 0. The zero-order chi connectivity index (χ0) is 9.68. The van der Waals surface area contributed by atoms with Crippen molar-refractivity contribution in [3.8, 4) is 5.75 Å². The van der Waals surface area contributed by atoms with E-state index in [-0.39, 0.29) is 6.10 Å². The molecular formula is C10H15NO2. The SMILES string of the molecule is COC(C)COc1cccc(N)c1. The van der Waals surface area contributed by atoms with Crippen LogP contribution in [0.15, 0.2) is 24.3 Å². The molecule has 0 aliphatic rings. The van der Waals surface area contributed by atoms with Gasteiger partial charge in [-0.2, -0.15) is 0 Å². The molecule has 0 radical (unpaired) electrons. The Morgan fingerprint density at radius 3 is 2.85 bits per heavy atom. The van der Waals surface area contributed by atoms with E-state index in [0.717, 1.165) is 5.75 Å². The van der Waals surface area contributed by atoms with Crippen molar-refractivity contribution < 1.29 is 9.47 Å². The second kappa shape index (κ2) is 4.72. The van der Waals surface area contributed by atoms with Gasteiger partial charge in [-0.15, -0.1) is 0 Å². The van der Waals surface area contributed by atoms with Crippen LogP contribution in [-0.2, 0) is 4.74 Å². The number of rotatable bonds is 4. The van der Waals surface area contributed by atoms with Crippen LogP contribution in [0.3, 0.4) is 0 Å². The first kappa shape index (κ1) is 9.86. The summed E-state index contributed by atoms with van der Waals surface area (Å²) >= 11 is 0. The minimum atomic E-state index is 0.0985. The van der Waals surface area contributed by atoms with Crippen LogP contribution in [0.1, 0.15) is 6.92 Å². The first-order valence-electron chi connectivity index (χ1n) is 4.23. The highest BCUT2D eigenvalue weighted by molar-refractivity contribution is 5.43. The summed E-state index contributed by atoms with van der Waals surface area (Å²) in [6.07, 6.45) is 0.0985. The maximum absolute atomic E-state index is 5.59. The third kappa shape index (κ3) is 3.34. The minimum absolute atomic E-state index is 0.0985. The summed E-state index contributed by atoms with van der Waals surface area (Å²) < 4.78 is 10.5. The van der Waals surface area contributed by atoms with E-state index in [1.54, 1.807) is 13.2 Å². The van der Waals surface area contributed by atoms with E-state index >= 15 is 0 Å². The third-order valence-corrected chi connectivity index (χ3v) is 1.75. The van der Waals surface area contributed by atoms with Crippen LogP contribution >= 0.6 is 0 Å². The van der Waals surface area contributed by atoms with Crippen LogP contribution in [0.5, 0.6) is 5.75 Å². The molecule has 0 saturated heterocycles. The van der Waals surface area contributed by atoms with E-state index in [1.165, 1.54) is 0 Å². The molecule has 0 aromatic heterocycles. The topological polar surface area (TPSA) is 44.5 Å². The quantitative estimate of drug-likeness (QED) is 0.719. The number of methoxy groups -OCH3 is 1. The van der Waals surface area contributed by atoms with Crippen molar-refractivity contribution >= 4 is 5.69 Å². The number of hydrogen-bond donors (Lipinski definition) is 1. The lowest BCUT2D eigenvalue weighted by atomic mass is 10.3. The average molecular weight is 181 g/mol. The fourth-order valence-electron chi connectivity index (χ4n) is 0.886. The van der Waals surface area contributed by atoms with Gasteiger partial charge < -0.3 is 15.2 Å². The monoisotopic (exact) mass is 181 g/mol. The van der Waals surface area contributed by atoms with Crippen molar-refractivity contribution in [2.75, 3.05) is 19.5 Å². The Kier molecular flexibility index (Phi) is 3.58. The van der Waals surface area contributed by atoms with Gasteiger partial charge in [-0.1, -0.05) is 6.07 Å². The van der Waals surface area contributed by atoms with Crippen molar-refractivity contribution in [2.45, 2.75) is 13.0 Å². The molecule has 0 aliphatic heterocycles. The van der Waals surface area contributed by atoms with Gasteiger partial charge in [0.15, 0.2) is 0 Å². The Bertz CT molecular complexity index is 263. The zero-order valence-corrected chi connectivity index (χ0v) is 7.99. The lowest BCUT2D eigenvalue weighted by Crippen LogP contribution is -2.15. The molecule has 0 heterocycles. The van der Waals surface area contributed by atoms with Crippen molar-refractivity contribution in [1.29, 1.82) is 0 Å². The molecule has 2 N–H and O–H groups in total. The number of ether oxygens (including phenoxy) is 2. The molecule has 0 fully saturated rings. The summed E-state index contributed by atoms with van der Waals surface area (Å²) in [7, 11) is 1.66. The van der Waals surface area contributed by atoms with E-state index < -0.39 is 0 Å². The van der Waals surface area contributed by atoms with Crippen LogP contribution in [-0.4, -0.2) is 19.8 Å². The molecule has 0 aliphatic carbocycles. The second-order valence-corrected chi connectivity index (χ2v) is 2.93. The highest BCUT2D eigenvalue weighted by atomic mass is 16.5. The Morgan fingerprint density at radius 1 is 1.46 bits per heavy atom. The van der Waals surface area contributed by atoms with Crippen molar-refractivity contribution in [2.24, 2.45) is 0 Å². The van der Waals surface area contributed by atoms with Gasteiger partial charge >= 0.3 is 0 Å². The van der Waals surface area contributed by atoms with Gasteiger partial charge in [0.1, 0.15) is 12.4 Å². The first-order valence-corrected chi connectivity index (χ1v) is 4.23. The summed E-state index contributed by atoms with van der Waals surface area (Å²) in [5.41, 5.74) is 6.30. The molecule has 1 aromatic rings. The molecule has 3 heteroatoms. The number of hydrogen-bond acceptors (Lipinski definition) is 3. The average Bonchev–Trinajstić information content (AvgIpc) is 2.14. The number of anilines is 1. The highest BCUT2D eigenvalue weighted by Crippen LogP contribution is 2.14. The van der Waals surface area contributed by atoms with Crippen molar-refractivity contribution in [1.82, 2.24) is 0 Å². The van der Waals surface area contributed by atoms with E-state index in [2.05, 4.69) is 0 Å². The number of nitrogens with two attached hydrogens (primary N) is 1. The Labute approximate surface area is 78.5 Å². The lowest BCUT2D eigenvalue weighted by Gasteiger charge is -2.11. The Balaban J connectivity index is 2.45. The molecule has 13 heavy (non-hydrogen) atoms. The molecule has 1 unspecified atom stereocenters. The largest absolute Gasteiger partial charge is 0.491 e. The number of benzene rings is 1. The Hall–Kier alpha value is -1.22. The summed E-state index contributed by atoms with van der Waals surface area (Å²) in [4.78, 5) is 0. The summed E-state index contributed by atoms with van der Waals surface area (Å²) in [6.45, 7) is 2.49. The van der Waals surface area contributed by atoms with E-state index in [0.29, 0.717) is 12.3 Å². The van der Waals surface area contributed by atoms with Gasteiger partial charge in [0.2, 0.25) is 0 Å². The molecule has 3 nitrogen and oxygen atoms in total. The predicted octanol–water partition coefficient (Wildman–Crippen LogP) is 1.68. The van der Waals surface area contributed by atoms with Gasteiger partial charge in [-0.25, -0.2) is 0 Å². The van der Waals surface area contributed by atoms with Crippen LogP contribution < -0.4 is 10.5 Å². The van der Waals surface area contributed by atoms with Crippen LogP contribution in [0.2, 0.25) is 0 Å². The minimum Gasteiger partial charge on any atom is -0.491 e. The van der Waals surface area contributed by atoms with Crippen LogP contribution in [0.4, 0.5) is 5.69 Å². The molecule has 1 atom stereocenters. The summed E-state index contributed by atoms with van der Waals surface area (Å²) in [5.74, 6) is 0.781. The summed E-state index contributed by atoms with van der Waals surface area (Å²) in [6, 6.07) is 7.36. The predicted molar refractivity (Wildman–Crippen MR) is 52.8 cm³/mol. The first-order chi connectivity index (χ1) is 6.22. The van der Waals surface area contributed by atoms with E-state index in [1.807, 2.05) is 25.1 Å². The highest BCUT2D eigenvalue weighted by Gasteiger charge is 2.00. The molecule has 0 amide bonds. The molecule has 72 valence electrons. The fourth-order valence-corrected chi connectivity index (χ4v) is 0.886.